The van der Waals surface area contributed by atoms with Crippen LogP contribution in [0.1, 0.15) is 30.1 Å². The lowest BCUT2D eigenvalue weighted by Gasteiger charge is -2.17. The molecule has 29 heavy (non-hydrogen) atoms. The van der Waals surface area contributed by atoms with Gasteiger partial charge in [-0.3, -0.25) is 9.59 Å². The molecule has 1 aliphatic carbocycles. The third-order valence-corrected chi connectivity index (χ3v) is 4.96. The van der Waals surface area contributed by atoms with E-state index in [1.54, 1.807) is 0 Å². The number of carbonyl (C=O) groups excluding carboxylic acids is 2. The Labute approximate surface area is 168 Å². The Morgan fingerprint density at radius 3 is 2.24 bits per heavy atom. The van der Waals surface area contributed by atoms with Gasteiger partial charge >= 0.3 is 0 Å². The average molecular weight is 402 g/mol. The third-order valence-electron chi connectivity index (χ3n) is 4.96. The largest absolute Gasteiger partial charge is 0.497 e. The Morgan fingerprint density at radius 1 is 0.966 bits per heavy atom. The van der Waals surface area contributed by atoms with Crippen molar-refractivity contribution in [3.05, 3.63) is 41.7 Å². The molecule has 1 saturated carbocycles. The molecule has 2 amide bonds. The summed E-state index contributed by atoms with van der Waals surface area (Å²) < 4.78 is 29.8. The van der Waals surface area contributed by atoms with Crippen LogP contribution in [0.3, 0.4) is 0 Å². The molecule has 0 atom stereocenters. The number of amides is 2. The maximum absolute atomic E-state index is 14.2. The predicted molar refractivity (Wildman–Crippen MR) is 106 cm³/mol. The molecule has 2 N–H and O–H groups in total. The van der Waals surface area contributed by atoms with E-state index in [0.29, 0.717) is 17.2 Å². The fraction of sp³-hybridized carbons (Fsp3) is 0.333. The molecule has 0 aromatic heterocycles. The molecular formula is C21H23FN2O5. The molecule has 0 bridgehead atoms. The Hall–Kier alpha value is -3.29. The maximum Gasteiger partial charge on any atom is 0.255 e. The van der Waals surface area contributed by atoms with Crippen LogP contribution in [0.2, 0.25) is 0 Å². The number of carbonyl (C=O) groups is 2. The van der Waals surface area contributed by atoms with Crippen LogP contribution in [-0.4, -0.2) is 33.1 Å². The summed E-state index contributed by atoms with van der Waals surface area (Å²) in [6.07, 6.45) is 1.60. The molecule has 2 aromatic rings. The Morgan fingerprint density at radius 2 is 1.69 bits per heavy atom. The molecule has 0 heterocycles. The molecule has 0 aliphatic heterocycles. The molecular weight excluding hydrogens is 379 g/mol. The van der Waals surface area contributed by atoms with Crippen molar-refractivity contribution >= 4 is 23.2 Å². The zero-order chi connectivity index (χ0) is 21.2. The van der Waals surface area contributed by atoms with Crippen molar-refractivity contribution in [1.82, 2.24) is 0 Å². The fourth-order valence-electron chi connectivity index (χ4n) is 2.79. The fourth-order valence-corrected chi connectivity index (χ4v) is 2.79. The van der Waals surface area contributed by atoms with E-state index in [2.05, 4.69) is 10.6 Å². The highest BCUT2D eigenvalue weighted by Crippen LogP contribution is 2.47. The van der Waals surface area contributed by atoms with Crippen molar-refractivity contribution < 1.29 is 28.2 Å². The van der Waals surface area contributed by atoms with Crippen molar-refractivity contribution in [1.29, 1.82) is 0 Å². The molecule has 0 radical (unpaired) electrons. The topological polar surface area (TPSA) is 85.9 Å². The van der Waals surface area contributed by atoms with Gasteiger partial charge in [0.25, 0.3) is 5.91 Å². The lowest BCUT2D eigenvalue weighted by molar-refractivity contribution is -0.120. The number of halogens is 1. The van der Waals surface area contributed by atoms with Crippen LogP contribution >= 0.6 is 0 Å². The van der Waals surface area contributed by atoms with Gasteiger partial charge < -0.3 is 24.8 Å². The first-order valence-corrected chi connectivity index (χ1v) is 9.03. The SMILES string of the molecule is COc1ccc(NC(=O)c2cc(NC(=O)C3(C)CC3)c(OC)c(OC)c2)c(F)c1. The number of rotatable bonds is 7. The lowest BCUT2D eigenvalue weighted by Crippen LogP contribution is -2.22. The minimum atomic E-state index is -0.631. The van der Waals surface area contributed by atoms with Gasteiger partial charge in [-0.2, -0.15) is 0 Å². The van der Waals surface area contributed by atoms with Gasteiger partial charge in [0, 0.05) is 17.0 Å². The number of hydrogen-bond donors (Lipinski definition) is 2. The van der Waals surface area contributed by atoms with Gasteiger partial charge in [0.05, 0.1) is 32.7 Å². The van der Waals surface area contributed by atoms with Gasteiger partial charge in [-0.15, -0.1) is 0 Å². The molecule has 0 unspecified atom stereocenters. The molecule has 1 fully saturated rings. The first-order chi connectivity index (χ1) is 13.8. The summed E-state index contributed by atoms with van der Waals surface area (Å²) in [4.78, 5) is 25.2. The second-order valence-electron chi connectivity index (χ2n) is 7.07. The minimum absolute atomic E-state index is 0.00154. The molecule has 8 heteroatoms. The molecule has 3 rings (SSSR count). The van der Waals surface area contributed by atoms with Crippen molar-refractivity contribution in [2.45, 2.75) is 19.8 Å². The first-order valence-electron chi connectivity index (χ1n) is 9.03. The first kappa shape index (κ1) is 20.4. The summed E-state index contributed by atoms with van der Waals surface area (Å²) in [7, 11) is 4.30. The Balaban J connectivity index is 1.90. The van der Waals surface area contributed by atoms with Crippen molar-refractivity contribution in [2.75, 3.05) is 32.0 Å². The number of ether oxygens (including phenoxy) is 3. The van der Waals surface area contributed by atoms with Gasteiger partial charge in [-0.05, 0) is 37.1 Å². The number of methoxy groups -OCH3 is 3. The van der Waals surface area contributed by atoms with Crippen LogP contribution in [0.5, 0.6) is 17.2 Å². The zero-order valence-electron chi connectivity index (χ0n) is 16.7. The van der Waals surface area contributed by atoms with E-state index in [1.165, 1.54) is 51.7 Å². The van der Waals surface area contributed by atoms with Gasteiger partial charge in [0.15, 0.2) is 11.5 Å². The average Bonchev–Trinajstić information content (AvgIpc) is 3.47. The lowest BCUT2D eigenvalue weighted by atomic mass is 10.1. The smallest absolute Gasteiger partial charge is 0.255 e. The maximum atomic E-state index is 14.2. The highest BCUT2D eigenvalue weighted by molar-refractivity contribution is 6.07. The Bertz CT molecular complexity index is 956. The summed E-state index contributed by atoms with van der Waals surface area (Å²) in [5.74, 6) is -0.442. The molecule has 154 valence electrons. The molecule has 7 nitrogen and oxygen atoms in total. The van der Waals surface area contributed by atoms with Crippen molar-refractivity contribution in [3.8, 4) is 17.2 Å². The second-order valence-corrected chi connectivity index (χ2v) is 7.07. The summed E-state index contributed by atoms with van der Waals surface area (Å²) in [6, 6.07) is 7.05. The molecule has 1 aliphatic rings. The highest BCUT2D eigenvalue weighted by Gasteiger charge is 2.45. The van der Waals surface area contributed by atoms with Crippen LogP contribution in [0, 0.1) is 11.2 Å². The van der Waals surface area contributed by atoms with E-state index in [-0.39, 0.29) is 22.9 Å². The number of benzene rings is 2. The van der Waals surface area contributed by atoms with E-state index in [9.17, 15) is 14.0 Å². The van der Waals surface area contributed by atoms with Gasteiger partial charge in [-0.1, -0.05) is 6.92 Å². The third kappa shape index (κ3) is 4.26. The van der Waals surface area contributed by atoms with Gasteiger partial charge in [0.1, 0.15) is 11.6 Å². The Kier molecular flexibility index (Phi) is 5.63. The van der Waals surface area contributed by atoms with E-state index in [1.807, 2.05) is 6.92 Å². The van der Waals surface area contributed by atoms with Crippen molar-refractivity contribution in [3.63, 3.8) is 0 Å². The quantitative estimate of drug-likeness (QED) is 0.735. The zero-order valence-corrected chi connectivity index (χ0v) is 16.7. The van der Waals surface area contributed by atoms with Crippen LogP contribution in [0.4, 0.5) is 15.8 Å². The molecule has 2 aromatic carbocycles. The predicted octanol–water partition coefficient (Wildman–Crippen LogP) is 3.84. The normalized spacial score (nSPS) is 14.0. The van der Waals surface area contributed by atoms with Crippen LogP contribution in [0.25, 0.3) is 0 Å². The second kappa shape index (κ2) is 7.98. The highest BCUT2D eigenvalue weighted by atomic mass is 19.1. The van der Waals surface area contributed by atoms with Crippen molar-refractivity contribution in [2.24, 2.45) is 5.41 Å². The van der Waals surface area contributed by atoms with Crippen LogP contribution < -0.4 is 24.8 Å². The standard InChI is InChI=1S/C21H23FN2O5/c1-21(7-8-21)20(26)24-16-9-12(10-17(28-3)18(16)29-4)19(25)23-15-6-5-13(27-2)11-14(15)22/h5-6,9-11H,7-8H2,1-4H3,(H,23,25)(H,24,26). The van der Waals surface area contributed by atoms with E-state index >= 15 is 0 Å². The number of hydrogen-bond acceptors (Lipinski definition) is 5. The van der Waals surface area contributed by atoms with E-state index < -0.39 is 17.1 Å². The van der Waals surface area contributed by atoms with Gasteiger partial charge in [-0.25, -0.2) is 4.39 Å². The summed E-state index contributed by atoms with van der Waals surface area (Å²) in [5, 5.41) is 5.32. The molecule has 0 saturated heterocycles. The summed E-state index contributed by atoms with van der Waals surface area (Å²) >= 11 is 0. The van der Waals surface area contributed by atoms with E-state index in [4.69, 9.17) is 14.2 Å². The van der Waals surface area contributed by atoms with E-state index in [0.717, 1.165) is 12.8 Å². The minimum Gasteiger partial charge on any atom is -0.497 e. The van der Waals surface area contributed by atoms with Crippen LogP contribution in [-0.2, 0) is 4.79 Å². The summed E-state index contributed by atoms with van der Waals surface area (Å²) in [5.41, 5.74) is 0.0732. The number of nitrogens with one attached hydrogen (secondary N) is 2. The van der Waals surface area contributed by atoms with Gasteiger partial charge in [0.2, 0.25) is 5.91 Å². The van der Waals surface area contributed by atoms with Crippen LogP contribution in [0.15, 0.2) is 30.3 Å². The molecule has 0 spiro atoms. The monoisotopic (exact) mass is 402 g/mol. The number of anilines is 2. The summed E-state index contributed by atoms with van der Waals surface area (Å²) in [6.45, 7) is 1.87.